The smallest absolute Gasteiger partial charge is 0.310 e. The van der Waals surface area contributed by atoms with Gasteiger partial charge in [0, 0.05) is 4.75 Å². The molecule has 11 atom stereocenters. The van der Waals surface area contributed by atoms with Crippen molar-refractivity contribution in [2.24, 2.45) is 51.2 Å². The van der Waals surface area contributed by atoms with Crippen LogP contribution in [0.15, 0.2) is 11.6 Å². The second-order valence-corrected chi connectivity index (χ2v) is 14.9. The summed E-state index contributed by atoms with van der Waals surface area (Å²) in [5.74, 6) is 1.59. The SMILES string of the molecule is C[C@H]1[C@H](C)CC[C@]2(C(=O)O)CC[C@]3(C)C(=CC[C@@H]4[C@@]5(C)CC[C@H](O)[C@@](C)(S)C5CC[C@]43C)[C@H]12. The van der Waals surface area contributed by atoms with Crippen molar-refractivity contribution < 1.29 is 15.0 Å². The third-order valence-electron chi connectivity index (χ3n) is 13.0. The van der Waals surface area contributed by atoms with Crippen molar-refractivity contribution in [2.75, 3.05) is 0 Å². The molecule has 0 heterocycles. The first-order chi connectivity index (χ1) is 15.3. The molecule has 4 fully saturated rings. The number of aliphatic carboxylic acids is 1. The van der Waals surface area contributed by atoms with Gasteiger partial charge in [-0.3, -0.25) is 4.79 Å². The summed E-state index contributed by atoms with van der Waals surface area (Å²) in [6.45, 7) is 14.4. The summed E-state index contributed by atoms with van der Waals surface area (Å²) >= 11 is 5.07. The van der Waals surface area contributed by atoms with Crippen molar-refractivity contribution in [3.05, 3.63) is 11.6 Å². The molecule has 0 spiro atoms. The third-order valence-corrected chi connectivity index (χ3v) is 13.6. The Labute approximate surface area is 206 Å². The van der Waals surface area contributed by atoms with E-state index < -0.39 is 11.4 Å². The van der Waals surface area contributed by atoms with Crippen LogP contribution in [0, 0.1) is 51.2 Å². The third kappa shape index (κ3) is 2.83. The fraction of sp³-hybridized carbons (Fsp3) is 0.897. The van der Waals surface area contributed by atoms with Gasteiger partial charge in [-0.2, -0.15) is 12.6 Å². The van der Waals surface area contributed by atoms with E-state index in [9.17, 15) is 15.0 Å². The lowest BCUT2D eigenvalue weighted by atomic mass is 9.34. The Morgan fingerprint density at radius 2 is 1.67 bits per heavy atom. The molecule has 0 aromatic rings. The largest absolute Gasteiger partial charge is 0.481 e. The highest BCUT2D eigenvalue weighted by Crippen LogP contribution is 2.75. The molecule has 0 aliphatic heterocycles. The molecule has 2 N–H and O–H groups in total. The Morgan fingerprint density at radius 1 is 0.970 bits per heavy atom. The average molecular weight is 475 g/mol. The number of hydrogen-bond donors (Lipinski definition) is 3. The van der Waals surface area contributed by atoms with Gasteiger partial charge < -0.3 is 10.2 Å². The predicted octanol–water partition coefficient (Wildman–Crippen LogP) is 6.75. The van der Waals surface area contributed by atoms with Gasteiger partial charge in [-0.15, -0.1) is 0 Å². The summed E-state index contributed by atoms with van der Waals surface area (Å²) in [5, 5.41) is 21.3. The lowest BCUT2D eigenvalue weighted by molar-refractivity contribution is -0.185. The van der Waals surface area contributed by atoms with Gasteiger partial charge in [0.15, 0.2) is 0 Å². The molecule has 0 aromatic carbocycles. The maximum absolute atomic E-state index is 12.8. The van der Waals surface area contributed by atoms with Crippen molar-refractivity contribution in [2.45, 2.75) is 110 Å². The predicted molar refractivity (Wildman–Crippen MR) is 136 cm³/mol. The number of aliphatic hydroxyl groups is 1. The van der Waals surface area contributed by atoms with Crippen molar-refractivity contribution in [3.8, 4) is 0 Å². The van der Waals surface area contributed by atoms with E-state index in [1.165, 1.54) is 5.57 Å². The molecule has 0 bridgehead atoms. The molecule has 0 aromatic heterocycles. The van der Waals surface area contributed by atoms with Crippen molar-refractivity contribution in [1.29, 1.82) is 0 Å². The Morgan fingerprint density at radius 3 is 2.33 bits per heavy atom. The summed E-state index contributed by atoms with van der Waals surface area (Å²) in [5.41, 5.74) is 1.32. The molecule has 33 heavy (non-hydrogen) atoms. The minimum absolute atomic E-state index is 0.0574. The summed E-state index contributed by atoms with van der Waals surface area (Å²) in [6, 6.07) is 0. The topological polar surface area (TPSA) is 57.5 Å². The Kier molecular flexibility index (Phi) is 5.34. The molecule has 4 saturated carbocycles. The van der Waals surface area contributed by atoms with E-state index in [4.69, 9.17) is 12.6 Å². The molecular formula is C29H46O3S. The molecule has 4 heteroatoms. The van der Waals surface area contributed by atoms with E-state index in [0.29, 0.717) is 23.7 Å². The monoisotopic (exact) mass is 474 g/mol. The lowest BCUT2D eigenvalue weighted by Gasteiger charge is -2.71. The first-order valence-corrected chi connectivity index (χ1v) is 14.0. The number of carbonyl (C=O) groups is 1. The first-order valence-electron chi connectivity index (χ1n) is 13.6. The first kappa shape index (κ1) is 24.2. The number of rotatable bonds is 1. The molecule has 186 valence electrons. The summed E-state index contributed by atoms with van der Waals surface area (Å²) in [4.78, 5) is 12.8. The van der Waals surface area contributed by atoms with Gasteiger partial charge in [0.1, 0.15) is 0 Å². The van der Waals surface area contributed by atoms with Crippen LogP contribution in [0.3, 0.4) is 0 Å². The highest BCUT2D eigenvalue weighted by atomic mass is 32.1. The second-order valence-electron chi connectivity index (χ2n) is 13.9. The molecular weight excluding hydrogens is 428 g/mol. The fourth-order valence-electron chi connectivity index (χ4n) is 10.5. The van der Waals surface area contributed by atoms with E-state index in [1.54, 1.807) is 0 Å². The van der Waals surface area contributed by atoms with E-state index in [2.05, 4.69) is 47.6 Å². The van der Waals surface area contributed by atoms with Crippen LogP contribution in [0.4, 0.5) is 0 Å². The summed E-state index contributed by atoms with van der Waals surface area (Å²) in [6.07, 6.45) is 11.1. The zero-order valence-corrected chi connectivity index (χ0v) is 22.5. The van der Waals surface area contributed by atoms with Crippen molar-refractivity contribution >= 4 is 18.6 Å². The summed E-state index contributed by atoms with van der Waals surface area (Å²) < 4.78 is -0.336. The van der Waals surface area contributed by atoms with Gasteiger partial charge in [-0.1, -0.05) is 46.3 Å². The number of fused-ring (bicyclic) bond motifs is 7. The summed E-state index contributed by atoms with van der Waals surface area (Å²) in [7, 11) is 0. The molecule has 1 unspecified atom stereocenters. The number of hydrogen-bond acceptors (Lipinski definition) is 3. The highest BCUT2D eigenvalue weighted by molar-refractivity contribution is 7.81. The van der Waals surface area contributed by atoms with Crippen LogP contribution < -0.4 is 0 Å². The second kappa shape index (κ2) is 7.28. The molecule has 5 aliphatic rings. The zero-order chi connectivity index (χ0) is 24.2. The van der Waals surface area contributed by atoms with Crippen LogP contribution in [-0.2, 0) is 4.79 Å². The van der Waals surface area contributed by atoms with E-state index in [1.807, 2.05) is 0 Å². The van der Waals surface area contributed by atoms with E-state index >= 15 is 0 Å². The Balaban J connectivity index is 1.61. The number of thiol groups is 1. The zero-order valence-electron chi connectivity index (χ0n) is 21.7. The van der Waals surface area contributed by atoms with Crippen LogP contribution >= 0.6 is 12.6 Å². The standard InChI is InChI=1S/C29H46O3S/c1-17-9-14-29(24(31)32)16-15-26(4)19(23(29)18(17)2)7-8-20-25(3)12-11-22(30)28(6,33)21(25)10-13-27(20,26)5/h7,17-18,20-23,30,33H,8-16H2,1-6H3,(H,31,32)/t17-,18+,20-,21?,22+,23+,25-,26-,27-,28+,29+/m1/s1. The Bertz CT molecular complexity index is 880. The van der Waals surface area contributed by atoms with Gasteiger partial charge in [-0.05, 0) is 111 Å². The average Bonchev–Trinajstić information content (AvgIpc) is 2.74. The van der Waals surface area contributed by atoms with Crippen LogP contribution in [0.1, 0.15) is 99.3 Å². The van der Waals surface area contributed by atoms with Gasteiger partial charge in [0.05, 0.1) is 11.5 Å². The van der Waals surface area contributed by atoms with Crippen LogP contribution in [-0.4, -0.2) is 27.0 Å². The van der Waals surface area contributed by atoms with Crippen LogP contribution in [0.25, 0.3) is 0 Å². The quantitative estimate of drug-likeness (QED) is 0.291. The number of carboxylic acid groups (broad SMARTS) is 1. The molecule has 5 rings (SSSR count). The number of aliphatic hydroxyl groups excluding tert-OH is 1. The van der Waals surface area contributed by atoms with Gasteiger partial charge >= 0.3 is 5.97 Å². The molecule has 0 radical (unpaired) electrons. The van der Waals surface area contributed by atoms with Crippen molar-refractivity contribution in [1.82, 2.24) is 0 Å². The van der Waals surface area contributed by atoms with E-state index in [-0.39, 0.29) is 33.0 Å². The number of allylic oxidation sites excluding steroid dienone is 2. The molecule has 5 aliphatic carbocycles. The maximum Gasteiger partial charge on any atom is 0.310 e. The molecule has 3 nitrogen and oxygen atoms in total. The fourth-order valence-corrected chi connectivity index (χ4v) is 11.1. The lowest BCUT2D eigenvalue weighted by Crippen LogP contribution is -2.66. The Hall–Kier alpha value is -0.480. The minimum Gasteiger partial charge on any atom is -0.481 e. The maximum atomic E-state index is 12.8. The molecule has 0 saturated heterocycles. The molecule has 0 amide bonds. The number of carboxylic acids is 1. The normalized spacial score (nSPS) is 58.2. The highest BCUT2D eigenvalue weighted by Gasteiger charge is 2.69. The van der Waals surface area contributed by atoms with Gasteiger partial charge in [0.25, 0.3) is 0 Å². The van der Waals surface area contributed by atoms with E-state index in [0.717, 1.165) is 57.8 Å². The van der Waals surface area contributed by atoms with Crippen LogP contribution in [0.5, 0.6) is 0 Å². The van der Waals surface area contributed by atoms with Crippen LogP contribution in [0.2, 0.25) is 0 Å². The minimum atomic E-state index is -0.569. The van der Waals surface area contributed by atoms with Gasteiger partial charge in [0.2, 0.25) is 0 Å². The van der Waals surface area contributed by atoms with Gasteiger partial charge in [-0.25, -0.2) is 0 Å². The van der Waals surface area contributed by atoms with Crippen molar-refractivity contribution in [3.63, 3.8) is 0 Å².